The van der Waals surface area contributed by atoms with Gasteiger partial charge in [0.2, 0.25) is 15.9 Å². The van der Waals surface area contributed by atoms with Gasteiger partial charge in [-0.2, -0.15) is 0 Å². The van der Waals surface area contributed by atoms with E-state index >= 15 is 0 Å². The van der Waals surface area contributed by atoms with Crippen molar-refractivity contribution in [2.24, 2.45) is 0 Å². The smallest absolute Gasteiger partial charge is 0.303 e. The molecule has 35 heavy (non-hydrogen) atoms. The molecule has 2 aromatic rings. The maximum atomic E-state index is 12.6. The molecule has 1 fully saturated rings. The number of allylic oxidation sites excluding steroid dienone is 1. The lowest BCUT2D eigenvalue weighted by Crippen LogP contribution is -2.42. The van der Waals surface area contributed by atoms with Crippen LogP contribution in [0, 0.1) is 0 Å². The fourth-order valence-corrected chi connectivity index (χ4v) is 5.45. The highest BCUT2D eigenvalue weighted by atomic mass is 32.2. The van der Waals surface area contributed by atoms with E-state index in [1.807, 2.05) is 30.3 Å². The molecule has 2 aromatic carbocycles. The molecule has 9 heteroatoms. The second-order valence-electron chi connectivity index (χ2n) is 8.25. The molecule has 3 rings (SSSR count). The number of amides is 1. The Kier molecular flexibility index (Phi) is 9.31. The molecule has 0 atom stereocenters. The fourth-order valence-electron chi connectivity index (χ4n) is 3.88. The first-order valence-electron chi connectivity index (χ1n) is 11.6. The van der Waals surface area contributed by atoms with E-state index in [1.54, 1.807) is 19.2 Å². The van der Waals surface area contributed by atoms with E-state index in [0.29, 0.717) is 17.9 Å². The lowest BCUT2D eigenvalue weighted by Gasteiger charge is -2.29. The monoisotopic (exact) mass is 501 g/mol. The summed E-state index contributed by atoms with van der Waals surface area (Å²) in [4.78, 5) is 23.7. The van der Waals surface area contributed by atoms with E-state index < -0.39 is 21.9 Å². The molecule has 0 unspecified atom stereocenters. The molecule has 0 saturated carbocycles. The molecule has 0 bridgehead atoms. The number of carboxylic acid groups (broad SMARTS) is 1. The predicted octanol–water partition coefficient (Wildman–Crippen LogP) is 4.43. The summed E-state index contributed by atoms with van der Waals surface area (Å²) < 4.78 is 37.2. The number of anilines is 1. The quantitative estimate of drug-likeness (QED) is 0.428. The number of hydrogen-bond donors (Lipinski definition) is 1. The highest BCUT2D eigenvalue weighted by Crippen LogP contribution is 2.34. The summed E-state index contributed by atoms with van der Waals surface area (Å²) in [7, 11) is -2.17. The Bertz CT molecular complexity index is 1160. The third-order valence-electron chi connectivity index (χ3n) is 5.66. The van der Waals surface area contributed by atoms with Crippen LogP contribution in [-0.4, -0.2) is 44.9 Å². The second kappa shape index (κ2) is 12.4. The molecule has 1 amide bonds. The van der Waals surface area contributed by atoms with Crippen molar-refractivity contribution in [1.29, 1.82) is 0 Å². The first-order chi connectivity index (χ1) is 16.8. The van der Waals surface area contributed by atoms with E-state index in [2.05, 4.69) is 6.08 Å². The summed E-state index contributed by atoms with van der Waals surface area (Å²) >= 11 is 0. The number of ether oxygens (including phenoxy) is 2. The zero-order chi connectivity index (χ0) is 25.3. The molecule has 0 aliphatic carbocycles. The third kappa shape index (κ3) is 7.32. The van der Waals surface area contributed by atoms with Crippen molar-refractivity contribution < 1.29 is 32.6 Å². The van der Waals surface area contributed by atoms with Crippen LogP contribution in [0.15, 0.2) is 48.5 Å². The van der Waals surface area contributed by atoms with Gasteiger partial charge >= 0.3 is 5.97 Å². The van der Waals surface area contributed by atoms with Crippen LogP contribution in [0.1, 0.15) is 49.7 Å². The minimum atomic E-state index is -3.80. The van der Waals surface area contributed by atoms with E-state index in [0.717, 1.165) is 34.9 Å². The molecule has 0 aromatic heterocycles. The van der Waals surface area contributed by atoms with Crippen LogP contribution in [0.25, 0.3) is 6.08 Å². The Morgan fingerprint density at radius 3 is 2.60 bits per heavy atom. The van der Waals surface area contributed by atoms with Gasteiger partial charge in [0.1, 0.15) is 11.5 Å². The van der Waals surface area contributed by atoms with Gasteiger partial charge in [-0.15, -0.1) is 0 Å². The van der Waals surface area contributed by atoms with Crippen LogP contribution in [0.2, 0.25) is 0 Å². The van der Waals surface area contributed by atoms with E-state index in [1.165, 1.54) is 6.07 Å². The first-order valence-corrected chi connectivity index (χ1v) is 13.3. The Morgan fingerprint density at radius 2 is 1.91 bits per heavy atom. The molecule has 1 aliphatic rings. The van der Waals surface area contributed by atoms with Gasteiger partial charge in [0.05, 0.1) is 25.2 Å². The zero-order valence-corrected chi connectivity index (χ0v) is 20.6. The number of unbranched alkanes of at least 4 members (excludes halogenated alkanes) is 2. The SMILES string of the molecule is COc1ccc(/C=C/CCCCOc2cccc(N3C(=O)CCCS3(=O)=O)c2CCC(=O)O)cc1. The molecular weight excluding hydrogens is 470 g/mol. The molecular formula is C26H31NO7S. The second-order valence-corrected chi connectivity index (χ2v) is 10.2. The van der Waals surface area contributed by atoms with Crippen LogP contribution < -0.4 is 13.8 Å². The summed E-state index contributed by atoms with van der Waals surface area (Å²) in [6, 6.07) is 12.6. The van der Waals surface area contributed by atoms with Gasteiger partial charge in [-0.25, -0.2) is 12.7 Å². The van der Waals surface area contributed by atoms with Crippen molar-refractivity contribution in [1.82, 2.24) is 0 Å². The van der Waals surface area contributed by atoms with E-state index in [4.69, 9.17) is 9.47 Å². The van der Waals surface area contributed by atoms with Crippen LogP contribution in [0.3, 0.4) is 0 Å². The van der Waals surface area contributed by atoms with Crippen molar-refractivity contribution in [3.8, 4) is 11.5 Å². The van der Waals surface area contributed by atoms with Gasteiger partial charge in [0.25, 0.3) is 0 Å². The summed E-state index contributed by atoms with van der Waals surface area (Å²) in [5, 5.41) is 9.17. The Balaban J connectivity index is 1.63. The molecule has 1 saturated heterocycles. The van der Waals surface area contributed by atoms with Crippen molar-refractivity contribution in [3.05, 3.63) is 59.7 Å². The Labute approximate surface area is 206 Å². The molecule has 1 N–H and O–H groups in total. The highest BCUT2D eigenvalue weighted by Gasteiger charge is 2.35. The average Bonchev–Trinajstić information content (AvgIpc) is 2.82. The van der Waals surface area contributed by atoms with E-state index in [-0.39, 0.29) is 37.1 Å². The molecule has 188 valence electrons. The maximum absolute atomic E-state index is 12.6. The lowest BCUT2D eigenvalue weighted by atomic mass is 10.1. The summed E-state index contributed by atoms with van der Waals surface area (Å²) in [6.07, 6.45) is 6.92. The number of hydrogen-bond acceptors (Lipinski definition) is 6. The number of methoxy groups -OCH3 is 1. The number of sulfonamides is 1. The maximum Gasteiger partial charge on any atom is 0.303 e. The van der Waals surface area contributed by atoms with Crippen molar-refractivity contribution in [2.45, 2.75) is 44.9 Å². The van der Waals surface area contributed by atoms with Gasteiger partial charge in [0.15, 0.2) is 0 Å². The van der Waals surface area contributed by atoms with Gasteiger partial charge < -0.3 is 14.6 Å². The molecule has 1 aliphatic heterocycles. The zero-order valence-electron chi connectivity index (χ0n) is 19.8. The van der Waals surface area contributed by atoms with Crippen LogP contribution in [0.5, 0.6) is 11.5 Å². The fraction of sp³-hybridized carbons (Fsp3) is 0.385. The van der Waals surface area contributed by atoms with Crippen molar-refractivity contribution >= 4 is 33.7 Å². The van der Waals surface area contributed by atoms with Crippen LogP contribution >= 0.6 is 0 Å². The molecule has 1 heterocycles. The van der Waals surface area contributed by atoms with Crippen LogP contribution in [0.4, 0.5) is 5.69 Å². The largest absolute Gasteiger partial charge is 0.497 e. The Morgan fingerprint density at radius 1 is 1.14 bits per heavy atom. The third-order valence-corrected chi connectivity index (χ3v) is 7.42. The minimum absolute atomic E-state index is 0.0603. The number of carbonyl (C=O) groups excluding carboxylic acids is 1. The lowest BCUT2D eigenvalue weighted by molar-refractivity contribution is -0.137. The standard InChI is InChI=1S/C26H31NO7S/c1-33-21-14-12-20(13-15-21)8-4-2-3-5-18-34-24-10-6-9-23(22(24)16-17-26(29)30)27-25(28)11-7-19-35(27,31)32/h4,6,8-10,12-15H,2-3,5,7,11,16-19H2,1H3,(H,29,30)/b8-4+. The Hall–Kier alpha value is -3.33. The van der Waals surface area contributed by atoms with Crippen molar-refractivity contribution in [3.63, 3.8) is 0 Å². The van der Waals surface area contributed by atoms with Gasteiger partial charge in [0, 0.05) is 18.4 Å². The first kappa shape index (κ1) is 26.3. The number of rotatable bonds is 12. The highest BCUT2D eigenvalue weighted by molar-refractivity contribution is 7.93. The van der Waals surface area contributed by atoms with E-state index in [9.17, 15) is 23.1 Å². The average molecular weight is 502 g/mol. The summed E-state index contributed by atoms with van der Waals surface area (Å²) in [5.74, 6) is -0.415. The number of carbonyl (C=O) groups is 2. The molecule has 8 nitrogen and oxygen atoms in total. The number of carboxylic acids is 1. The number of benzene rings is 2. The number of nitrogens with zero attached hydrogens (tertiary/aromatic N) is 1. The van der Waals surface area contributed by atoms with Crippen LogP contribution in [-0.2, 0) is 26.0 Å². The number of aliphatic carboxylic acids is 1. The molecule has 0 radical (unpaired) electrons. The van der Waals surface area contributed by atoms with Crippen molar-refractivity contribution in [2.75, 3.05) is 23.8 Å². The topological polar surface area (TPSA) is 110 Å². The van der Waals surface area contributed by atoms with Gasteiger partial charge in [-0.3, -0.25) is 9.59 Å². The van der Waals surface area contributed by atoms with Gasteiger partial charge in [-0.05, 0) is 61.9 Å². The molecule has 0 spiro atoms. The van der Waals surface area contributed by atoms with Gasteiger partial charge in [-0.1, -0.05) is 30.4 Å². The summed E-state index contributed by atoms with van der Waals surface area (Å²) in [6.45, 7) is 0.389. The minimum Gasteiger partial charge on any atom is -0.497 e. The normalized spacial score (nSPS) is 15.3. The predicted molar refractivity (Wildman–Crippen MR) is 134 cm³/mol. The summed E-state index contributed by atoms with van der Waals surface area (Å²) in [5.41, 5.74) is 1.70.